The van der Waals surface area contributed by atoms with Gasteiger partial charge in [-0.05, 0) is 44.3 Å². The molecule has 0 aliphatic heterocycles. The van der Waals surface area contributed by atoms with Crippen molar-refractivity contribution < 1.29 is 9.29 Å². The van der Waals surface area contributed by atoms with E-state index in [0.717, 1.165) is 23.7 Å². The van der Waals surface area contributed by atoms with Crippen LogP contribution >= 0.6 is 23.8 Å². The van der Waals surface area contributed by atoms with Gasteiger partial charge in [0.15, 0.2) is 5.11 Å². The first-order valence-electron chi connectivity index (χ1n) is 8.45. The van der Waals surface area contributed by atoms with Gasteiger partial charge in [-0.2, -0.15) is 0 Å². The quantitative estimate of drug-likeness (QED) is 0.643. The molecule has 25 heavy (non-hydrogen) atoms. The van der Waals surface area contributed by atoms with Crippen LogP contribution in [0.15, 0.2) is 48.5 Å². The minimum Gasteiger partial charge on any atom is -0.356 e. The minimum atomic E-state index is -0.330. The molecule has 0 aliphatic carbocycles. The van der Waals surface area contributed by atoms with Gasteiger partial charge in [-0.25, -0.2) is 4.39 Å². The summed E-state index contributed by atoms with van der Waals surface area (Å²) in [6, 6.07) is 14.5. The highest BCUT2D eigenvalue weighted by Gasteiger charge is 2.24. The van der Waals surface area contributed by atoms with Crippen LogP contribution in [0.1, 0.15) is 25.5 Å². The number of anilines is 1. The molecule has 0 spiro atoms. The van der Waals surface area contributed by atoms with Crippen LogP contribution in [0.25, 0.3) is 0 Å². The van der Waals surface area contributed by atoms with E-state index in [4.69, 9.17) is 23.8 Å². The zero-order valence-electron chi connectivity index (χ0n) is 14.5. The van der Waals surface area contributed by atoms with Gasteiger partial charge in [-0.3, -0.25) is 0 Å². The highest BCUT2D eigenvalue weighted by Crippen LogP contribution is 2.20. The molecule has 0 aromatic heterocycles. The number of thiocarbonyl (C=S) groups is 1. The summed E-state index contributed by atoms with van der Waals surface area (Å²) in [5, 5.41) is 7.27. The molecule has 3 nitrogen and oxygen atoms in total. The summed E-state index contributed by atoms with van der Waals surface area (Å²) < 4.78 is 13.7. The molecular formula is C19H24ClFN3S+. The summed E-state index contributed by atoms with van der Waals surface area (Å²) in [6.45, 7) is 6.86. The van der Waals surface area contributed by atoms with Crippen LogP contribution in [0.4, 0.5) is 10.1 Å². The fourth-order valence-corrected chi connectivity index (χ4v) is 3.36. The summed E-state index contributed by atoms with van der Waals surface area (Å²) in [4.78, 5) is 1.40. The van der Waals surface area contributed by atoms with Crippen molar-refractivity contribution in [2.45, 2.75) is 19.9 Å². The fraction of sp³-hybridized carbons (Fsp3) is 0.316. The second-order valence-corrected chi connectivity index (χ2v) is 6.57. The number of benzene rings is 2. The van der Waals surface area contributed by atoms with Gasteiger partial charge in [-0.1, -0.05) is 41.9 Å². The number of para-hydroxylation sites is 1. The molecule has 0 unspecified atom stereocenters. The van der Waals surface area contributed by atoms with Crippen LogP contribution in [-0.2, 0) is 0 Å². The lowest BCUT2D eigenvalue weighted by Crippen LogP contribution is -3.12. The predicted molar refractivity (Wildman–Crippen MR) is 107 cm³/mol. The lowest BCUT2D eigenvalue weighted by molar-refractivity contribution is -0.927. The maximum Gasteiger partial charge on any atom is 0.171 e. The summed E-state index contributed by atoms with van der Waals surface area (Å²) in [6.07, 6.45) is 0. The van der Waals surface area contributed by atoms with E-state index in [1.165, 1.54) is 11.0 Å². The number of rotatable bonds is 7. The molecule has 6 heteroatoms. The van der Waals surface area contributed by atoms with Crippen LogP contribution in [0.5, 0.6) is 0 Å². The average molecular weight is 381 g/mol. The van der Waals surface area contributed by atoms with Crippen molar-refractivity contribution in [2.75, 3.05) is 25.0 Å². The number of hydrogen-bond acceptors (Lipinski definition) is 1. The van der Waals surface area contributed by atoms with E-state index in [1.807, 2.05) is 24.3 Å². The first-order chi connectivity index (χ1) is 12.1. The topological polar surface area (TPSA) is 28.5 Å². The number of likely N-dealkylation sites (N-methyl/N-ethyl adjacent to an activating group) is 1. The zero-order chi connectivity index (χ0) is 18.2. The van der Waals surface area contributed by atoms with E-state index >= 15 is 0 Å². The molecule has 2 rings (SSSR count). The van der Waals surface area contributed by atoms with Crippen LogP contribution in [-0.4, -0.2) is 24.7 Å². The fourth-order valence-electron chi connectivity index (χ4n) is 2.90. The lowest BCUT2D eigenvalue weighted by atomic mass is 10.0. The molecule has 0 saturated heterocycles. The Morgan fingerprint density at radius 2 is 1.76 bits per heavy atom. The summed E-state index contributed by atoms with van der Waals surface area (Å²) in [5.41, 5.74) is 1.45. The van der Waals surface area contributed by atoms with Gasteiger partial charge < -0.3 is 15.5 Å². The van der Waals surface area contributed by atoms with Gasteiger partial charge in [0.2, 0.25) is 0 Å². The van der Waals surface area contributed by atoms with Crippen LogP contribution < -0.4 is 15.5 Å². The second kappa shape index (κ2) is 9.70. The highest BCUT2D eigenvalue weighted by molar-refractivity contribution is 7.80. The average Bonchev–Trinajstić information content (AvgIpc) is 2.61. The molecular weight excluding hydrogens is 357 g/mol. The van der Waals surface area contributed by atoms with Gasteiger partial charge in [0.05, 0.1) is 25.3 Å². The summed E-state index contributed by atoms with van der Waals surface area (Å²) in [5.74, 6) is -0.330. The van der Waals surface area contributed by atoms with Gasteiger partial charge >= 0.3 is 0 Å². The van der Waals surface area contributed by atoms with Crippen LogP contribution in [0.3, 0.4) is 0 Å². The number of halogens is 2. The molecule has 1 atom stereocenters. The molecule has 0 saturated carbocycles. The minimum absolute atomic E-state index is 0.157. The molecule has 2 aromatic rings. The van der Waals surface area contributed by atoms with Crippen molar-refractivity contribution in [3.05, 3.63) is 64.9 Å². The molecule has 2 aromatic carbocycles. The van der Waals surface area contributed by atoms with Gasteiger partial charge in [-0.15, -0.1) is 0 Å². The van der Waals surface area contributed by atoms with E-state index in [0.29, 0.717) is 17.3 Å². The monoisotopic (exact) mass is 380 g/mol. The van der Waals surface area contributed by atoms with Crippen LogP contribution in [0.2, 0.25) is 5.02 Å². The SMILES string of the molecule is CC[NH+](CC)[C@@H](CNC(=S)Nc1ccccc1F)c1ccccc1Cl. The Morgan fingerprint density at radius 1 is 1.12 bits per heavy atom. The molecule has 0 bridgehead atoms. The zero-order valence-corrected chi connectivity index (χ0v) is 16.1. The van der Waals surface area contributed by atoms with Gasteiger partial charge in [0, 0.05) is 10.6 Å². The van der Waals surface area contributed by atoms with Crippen molar-refractivity contribution in [2.24, 2.45) is 0 Å². The maximum absolute atomic E-state index is 13.7. The van der Waals surface area contributed by atoms with Crippen molar-refractivity contribution in [1.82, 2.24) is 5.32 Å². The Balaban J connectivity index is 2.08. The van der Waals surface area contributed by atoms with Crippen LogP contribution in [0, 0.1) is 5.82 Å². The molecule has 0 amide bonds. The summed E-state index contributed by atoms with van der Waals surface area (Å²) >= 11 is 11.7. The van der Waals surface area contributed by atoms with Crippen molar-refractivity contribution in [1.29, 1.82) is 0 Å². The van der Waals surface area contributed by atoms with E-state index in [2.05, 4.69) is 24.5 Å². The highest BCUT2D eigenvalue weighted by atomic mass is 35.5. The van der Waals surface area contributed by atoms with Gasteiger partial charge in [0.1, 0.15) is 11.9 Å². The third-order valence-corrected chi connectivity index (χ3v) is 4.86. The second-order valence-electron chi connectivity index (χ2n) is 5.75. The Kier molecular flexibility index (Phi) is 7.62. The molecule has 0 fully saturated rings. The first-order valence-corrected chi connectivity index (χ1v) is 9.23. The standard InChI is InChI=1S/C19H23ClFN3S/c1-3-24(4-2)18(14-9-5-6-10-15(14)20)13-22-19(25)23-17-12-8-7-11-16(17)21/h5-12,18H,3-4,13H2,1-2H3,(H2,22,23,25)/p+1/t18-/m0/s1. The molecule has 0 radical (unpaired) electrons. The number of quaternary nitrogens is 1. The Bertz CT molecular complexity index is 707. The van der Waals surface area contributed by atoms with Gasteiger partial charge in [0.25, 0.3) is 0 Å². The Labute approximate surface area is 159 Å². The third kappa shape index (κ3) is 5.39. The van der Waals surface area contributed by atoms with E-state index in [9.17, 15) is 4.39 Å². The number of nitrogens with one attached hydrogen (secondary N) is 3. The number of hydrogen-bond donors (Lipinski definition) is 3. The molecule has 0 aliphatic rings. The lowest BCUT2D eigenvalue weighted by Gasteiger charge is -2.28. The van der Waals surface area contributed by atoms with Crippen molar-refractivity contribution in [3.63, 3.8) is 0 Å². The van der Waals surface area contributed by atoms with E-state index < -0.39 is 0 Å². The smallest absolute Gasteiger partial charge is 0.171 e. The molecule has 3 N–H and O–H groups in total. The summed E-state index contributed by atoms with van der Waals surface area (Å²) in [7, 11) is 0. The molecule has 134 valence electrons. The third-order valence-electron chi connectivity index (χ3n) is 4.27. The van der Waals surface area contributed by atoms with Crippen molar-refractivity contribution >= 4 is 34.6 Å². The first kappa shape index (κ1) is 19.6. The van der Waals surface area contributed by atoms with Crippen molar-refractivity contribution in [3.8, 4) is 0 Å². The molecule has 0 heterocycles. The Morgan fingerprint density at radius 3 is 2.40 bits per heavy atom. The predicted octanol–water partition coefficient (Wildman–Crippen LogP) is 3.43. The normalized spacial score (nSPS) is 12.0. The van der Waals surface area contributed by atoms with E-state index in [1.54, 1.807) is 18.2 Å². The van der Waals surface area contributed by atoms with E-state index in [-0.39, 0.29) is 11.9 Å². The largest absolute Gasteiger partial charge is 0.356 e. The Hall–Kier alpha value is -1.69. The maximum atomic E-state index is 13.7.